The molecular weight excluding hydrogens is 292 g/mol. The Morgan fingerprint density at radius 1 is 1.52 bits per heavy atom. The van der Waals surface area contributed by atoms with E-state index in [-0.39, 0.29) is 11.9 Å². The van der Waals surface area contributed by atoms with Gasteiger partial charge in [0.2, 0.25) is 0 Å². The molecule has 124 valence electrons. The molecule has 0 radical (unpaired) electrons. The standard InChI is InChI=1S/C17H24N4O2/c1-11-6-9-21(17(23)12(2)22)10-15(11)20(3)14-5-8-19-16-13(14)4-7-18-16/h4-5,7-8,11-12,15,22H,6,9-10H2,1-3H3,(H,18,19)/t11-,12-,15?/m1/s1. The zero-order chi connectivity index (χ0) is 16.6. The van der Waals surface area contributed by atoms with E-state index in [1.54, 1.807) is 11.1 Å². The van der Waals surface area contributed by atoms with Crippen LogP contribution in [0.15, 0.2) is 24.5 Å². The number of aliphatic hydroxyl groups excluding tert-OH is 1. The van der Waals surface area contributed by atoms with Gasteiger partial charge >= 0.3 is 0 Å². The van der Waals surface area contributed by atoms with Gasteiger partial charge in [-0.15, -0.1) is 0 Å². The molecule has 3 heterocycles. The van der Waals surface area contributed by atoms with Gasteiger partial charge in [0.05, 0.1) is 0 Å². The number of carbonyl (C=O) groups excluding carboxylic acids is 1. The second-order valence-electron chi connectivity index (χ2n) is 6.47. The maximum absolute atomic E-state index is 12.1. The Hall–Kier alpha value is -2.08. The number of aromatic amines is 1. The number of carbonyl (C=O) groups is 1. The van der Waals surface area contributed by atoms with Crippen molar-refractivity contribution < 1.29 is 9.90 Å². The molecule has 1 fully saturated rings. The van der Waals surface area contributed by atoms with E-state index in [1.165, 1.54) is 6.92 Å². The van der Waals surface area contributed by atoms with Gasteiger partial charge in [-0.2, -0.15) is 0 Å². The van der Waals surface area contributed by atoms with Crippen molar-refractivity contribution in [1.29, 1.82) is 0 Å². The lowest BCUT2D eigenvalue weighted by atomic mass is 9.91. The van der Waals surface area contributed by atoms with Crippen LogP contribution in [0.3, 0.4) is 0 Å². The van der Waals surface area contributed by atoms with E-state index in [2.05, 4.69) is 28.8 Å². The number of likely N-dealkylation sites (N-methyl/N-ethyl adjacent to an activating group) is 1. The molecule has 3 rings (SSSR count). The van der Waals surface area contributed by atoms with Gasteiger partial charge in [0.15, 0.2) is 0 Å². The number of rotatable bonds is 3. The second kappa shape index (κ2) is 6.20. The van der Waals surface area contributed by atoms with Crippen LogP contribution in [-0.2, 0) is 4.79 Å². The number of hydrogen-bond acceptors (Lipinski definition) is 4. The monoisotopic (exact) mass is 316 g/mol. The van der Waals surface area contributed by atoms with Crippen LogP contribution in [0.2, 0.25) is 0 Å². The molecule has 1 aliphatic rings. The first-order valence-electron chi connectivity index (χ1n) is 8.11. The van der Waals surface area contributed by atoms with Gasteiger partial charge in [0, 0.05) is 49.6 Å². The highest BCUT2D eigenvalue weighted by atomic mass is 16.3. The summed E-state index contributed by atoms with van der Waals surface area (Å²) >= 11 is 0. The molecule has 6 nitrogen and oxygen atoms in total. The van der Waals surface area contributed by atoms with Crippen molar-refractivity contribution in [1.82, 2.24) is 14.9 Å². The van der Waals surface area contributed by atoms with Gasteiger partial charge in [-0.1, -0.05) is 6.92 Å². The lowest BCUT2D eigenvalue weighted by molar-refractivity contribution is -0.140. The van der Waals surface area contributed by atoms with Crippen LogP contribution in [0.1, 0.15) is 20.3 Å². The SMILES string of the molecule is C[C@@H]1CCN(C(=O)[C@@H](C)O)CC1N(C)c1ccnc2[nH]ccc12. The minimum Gasteiger partial charge on any atom is -0.384 e. The summed E-state index contributed by atoms with van der Waals surface area (Å²) < 4.78 is 0. The summed E-state index contributed by atoms with van der Waals surface area (Å²) in [4.78, 5) is 23.6. The molecule has 1 saturated heterocycles. The third-order valence-corrected chi connectivity index (χ3v) is 4.90. The summed E-state index contributed by atoms with van der Waals surface area (Å²) in [5, 5.41) is 10.7. The van der Waals surface area contributed by atoms with E-state index in [0.29, 0.717) is 19.0 Å². The quantitative estimate of drug-likeness (QED) is 0.902. The van der Waals surface area contributed by atoms with E-state index >= 15 is 0 Å². The number of aromatic nitrogens is 2. The first-order chi connectivity index (χ1) is 11.0. The fourth-order valence-corrected chi connectivity index (χ4v) is 3.45. The maximum atomic E-state index is 12.1. The van der Waals surface area contributed by atoms with Crippen molar-refractivity contribution >= 4 is 22.6 Å². The van der Waals surface area contributed by atoms with Crippen LogP contribution in [0.25, 0.3) is 11.0 Å². The summed E-state index contributed by atoms with van der Waals surface area (Å²) in [6.07, 6.45) is 3.69. The normalized spacial score (nSPS) is 23.0. The topological polar surface area (TPSA) is 72.5 Å². The summed E-state index contributed by atoms with van der Waals surface area (Å²) in [7, 11) is 2.07. The van der Waals surface area contributed by atoms with Gasteiger partial charge in [-0.3, -0.25) is 4.79 Å². The first kappa shape index (κ1) is 15.8. The summed E-state index contributed by atoms with van der Waals surface area (Å²) in [5.74, 6) is 0.289. The largest absolute Gasteiger partial charge is 0.384 e. The van der Waals surface area contributed by atoms with Crippen LogP contribution in [0.4, 0.5) is 5.69 Å². The Labute approximate surface area is 136 Å². The number of amides is 1. The number of hydrogen-bond donors (Lipinski definition) is 2. The van der Waals surface area contributed by atoms with Crippen LogP contribution in [0, 0.1) is 5.92 Å². The summed E-state index contributed by atoms with van der Waals surface area (Å²) in [5.41, 5.74) is 1.98. The van der Waals surface area contributed by atoms with E-state index in [0.717, 1.165) is 23.1 Å². The molecule has 0 spiro atoms. The van der Waals surface area contributed by atoms with Crippen molar-refractivity contribution in [3.05, 3.63) is 24.5 Å². The molecule has 1 aliphatic heterocycles. The van der Waals surface area contributed by atoms with E-state index in [9.17, 15) is 9.90 Å². The van der Waals surface area contributed by atoms with Crippen molar-refractivity contribution in [2.75, 3.05) is 25.0 Å². The molecule has 3 atom stereocenters. The van der Waals surface area contributed by atoms with Gasteiger partial charge < -0.3 is 19.9 Å². The number of pyridine rings is 1. The summed E-state index contributed by atoms with van der Waals surface area (Å²) in [6.45, 7) is 5.10. The van der Waals surface area contributed by atoms with Gasteiger partial charge in [-0.25, -0.2) is 4.98 Å². The fraction of sp³-hybridized carbons (Fsp3) is 0.529. The predicted molar refractivity (Wildman–Crippen MR) is 90.3 cm³/mol. The molecule has 2 aromatic rings. The molecular formula is C17H24N4O2. The molecule has 23 heavy (non-hydrogen) atoms. The third-order valence-electron chi connectivity index (χ3n) is 4.90. The van der Waals surface area contributed by atoms with Gasteiger partial charge in [0.25, 0.3) is 5.91 Å². The maximum Gasteiger partial charge on any atom is 0.251 e. The molecule has 0 aliphatic carbocycles. The molecule has 1 unspecified atom stereocenters. The minimum atomic E-state index is -0.938. The van der Waals surface area contributed by atoms with Crippen LogP contribution in [0.5, 0.6) is 0 Å². The fourth-order valence-electron chi connectivity index (χ4n) is 3.45. The molecule has 0 aromatic carbocycles. The number of nitrogens with zero attached hydrogens (tertiary/aromatic N) is 3. The van der Waals surface area contributed by atoms with Crippen LogP contribution in [-0.4, -0.2) is 58.2 Å². The highest BCUT2D eigenvalue weighted by Gasteiger charge is 2.33. The van der Waals surface area contributed by atoms with Crippen LogP contribution >= 0.6 is 0 Å². The third kappa shape index (κ3) is 2.91. The highest BCUT2D eigenvalue weighted by molar-refractivity contribution is 5.89. The lowest BCUT2D eigenvalue weighted by Gasteiger charge is -2.43. The molecule has 2 N–H and O–H groups in total. The Morgan fingerprint density at radius 3 is 3.04 bits per heavy atom. The number of fused-ring (bicyclic) bond motifs is 1. The van der Waals surface area contributed by atoms with Crippen molar-refractivity contribution in [2.24, 2.45) is 5.92 Å². The van der Waals surface area contributed by atoms with Crippen molar-refractivity contribution in [3.63, 3.8) is 0 Å². The molecule has 2 aromatic heterocycles. The van der Waals surface area contributed by atoms with E-state index < -0.39 is 6.10 Å². The van der Waals surface area contributed by atoms with Gasteiger partial charge in [-0.05, 0) is 31.4 Å². The number of likely N-dealkylation sites (tertiary alicyclic amines) is 1. The Balaban J connectivity index is 1.86. The van der Waals surface area contributed by atoms with Gasteiger partial charge in [0.1, 0.15) is 11.8 Å². The average Bonchev–Trinajstić information content (AvgIpc) is 3.02. The van der Waals surface area contributed by atoms with E-state index in [4.69, 9.17) is 0 Å². The number of nitrogens with one attached hydrogen (secondary N) is 1. The zero-order valence-corrected chi connectivity index (χ0v) is 13.9. The Morgan fingerprint density at radius 2 is 2.30 bits per heavy atom. The van der Waals surface area contributed by atoms with E-state index in [1.807, 2.05) is 18.3 Å². The Kier molecular flexibility index (Phi) is 4.26. The minimum absolute atomic E-state index is 0.184. The average molecular weight is 316 g/mol. The molecule has 1 amide bonds. The molecule has 0 bridgehead atoms. The number of aliphatic hydroxyl groups is 1. The first-order valence-corrected chi connectivity index (χ1v) is 8.11. The Bertz CT molecular complexity index is 697. The highest BCUT2D eigenvalue weighted by Crippen LogP contribution is 2.30. The predicted octanol–water partition coefficient (Wildman–Crippen LogP) is 1.62. The smallest absolute Gasteiger partial charge is 0.251 e. The number of anilines is 1. The zero-order valence-electron chi connectivity index (χ0n) is 13.9. The van der Waals surface area contributed by atoms with Crippen LogP contribution < -0.4 is 4.90 Å². The number of H-pyrrole nitrogens is 1. The molecule has 0 saturated carbocycles. The second-order valence-corrected chi connectivity index (χ2v) is 6.47. The summed E-state index contributed by atoms with van der Waals surface area (Å²) in [6, 6.07) is 4.26. The van der Waals surface area contributed by atoms with Crippen molar-refractivity contribution in [3.8, 4) is 0 Å². The van der Waals surface area contributed by atoms with Crippen molar-refractivity contribution in [2.45, 2.75) is 32.4 Å². The lowest BCUT2D eigenvalue weighted by Crippen LogP contribution is -2.54. The number of piperidine rings is 1. The molecule has 6 heteroatoms.